The molecule has 1 aromatic carbocycles. The van der Waals surface area contributed by atoms with Gasteiger partial charge in [0.25, 0.3) is 5.24 Å². The van der Waals surface area contributed by atoms with Crippen LogP contribution in [0.25, 0.3) is 0 Å². The van der Waals surface area contributed by atoms with Crippen molar-refractivity contribution in [2.45, 2.75) is 30.6 Å². The summed E-state index contributed by atoms with van der Waals surface area (Å²) in [5, 5.41) is 1.74. The van der Waals surface area contributed by atoms with Gasteiger partial charge < -0.3 is 4.74 Å². The molecule has 6 heteroatoms. The molecule has 1 aliphatic heterocycles. The van der Waals surface area contributed by atoms with Crippen molar-refractivity contribution in [2.24, 2.45) is 0 Å². The average molecular weight is 340 g/mol. The van der Waals surface area contributed by atoms with E-state index < -0.39 is 0 Å². The molecule has 1 saturated heterocycles. The van der Waals surface area contributed by atoms with E-state index in [0.717, 1.165) is 47.2 Å². The van der Waals surface area contributed by atoms with Gasteiger partial charge in [-0.15, -0.1) is 0 Å². The first-order valence-electron chi connectivity index (χ1n) is 7.88. The fraction of sp³-hybridized carbons (Fsp3) is 0.278. The smallest absolute Gasteiger partial charge is 0.286 e. The molecule has 2 atom stereocenters. The summed E-state index contributed by atoms with van der Waals surface area (Å²) in [6.45, 7) is 0.500. The molecule has 0 bridgehead atoms. The summed E-state index contributed by atoms with van der Waals surface area (Å²) in [5.41, 5.74) is 3.14. The maximum atomic E-state index is 11.9. The van der Waals surface area contributed by atoms with Crippen molar-refractivity contribution in [1.82, 2.24) is 10.3 Å². The van der Waals surface area contributed by atoms with Gasteiger partial charge in [-0.25, -0.2) is 0 Å². The molecule has 2 heterocycles. The first-order valence-corrected chi connectivity index (χ1v) is 8.76. The number of imide groups is 1. The summed E-state index contributed by atoms with van der Waals surface area (Å²) >= 11 is 1.08. The summed E-state index contributed by atoms with van der Waals surface area (Å²) in [5.74, 6) is 0.534. The highest BCUT2D eigenvalue weighted by Gasteiger charge is 2.42. The summed E-state index contributed by atoms with van der Waals surface area (Å²) in [7, 11) is 0. The highest BCUT2D eigenvalue weighted by Crippen LogP contribution is 2.41. The molecule has 0 radical (unpaired) electrons. The van der Waals surface area contributed by atoms with Gasteiger partial charge in [-0.3, -0.25) is 19.9 Å². The van der Waals surface area contributed by atoms with Crippen molar-refractivity contribution in [1.29, 1.82) is 0 Å². The number of aromatic nitrogens is 1. The Balaban J connectivity index is 1.48. The Labute approximate surface area is 143 Å². The third-order valence-electron chi connectivity index (χ3n) is 4.38. The van der Waals surface area contributed by atoms with Crippen LogP contribution in [-0.2, 0) is 17.8 Å². The van der Waals surface area contributed by atoms with Crippen LogP contribution in [0.15, 0.2) is 42.6 Å². The highest BCUT2D eigenvalue weighted by atomic mass is 32.2. The van der Waals surface area contributed by atoms with Crippen LogP contribution < -0.4 is 10.1 Å². The second-order valence-corrected chi connectivity index (χ2v) is 7.06. The second-order valence-electron chi connectivity index (χ2n) is 5.95. The van der Waals surface area contributed by atoms with Crippen LogP contribution in [-0.4, -0.2) is 21.4 Å². The van der Waals surface area contributed by atoms with Gasteiger partial charge in [-0.1, -0.05) is 42.1 Å². The molecule has 4 rings (SSSR count). The van der Waals surface area contributed by atoms with Crippen molar-refractivity contribution in [3.63, 3.8) is 0 Å². The van der Waals surface area contributed by atoms with E-state index in [-0.39, 0.29) is 22.3 Å². The molecule has 5 nitrogen and oxygen atoms in total. The van der Waals surface area contributed by atoms with Crippen LogP contribution in [0.5, 0.6) is 5.75 Å². The number of carbonyl (C=O) groups excluding carboxylic acids is 2. The number of benzene rings is 1. The number of pyridine rings is 1. The molecule has 24 heavy (non-hydrogen) atoms. The first kappa shape index (κ1) is 15.2. The number of fused-ring (bicyclic) bond motifs is 1. The lowest BCUT2D eigenvalue weighted by Crippen LogP contribution is -2.28. The van der Waals surface area contributed by atoms with E-state index >= 15 is 0 Å². The van der Waals surface area contributed by atoms with Gasteiger partial charge in [0.05, 0.1) is 6.20 Å². The molecular weight excluding hydrogens is 324 g/mol. The van der Waals surface area contributed by atoms with E-state index in [9.17, 15) is 9.59 Å². The Morgan fingerprint density at radius 3 is 2.83 bits per heavy atom. The zero-order valence-electron chi connectivity index (χ0n) is 12.9. The van der Waals surface area contributed by atoms with Gasteiger partial charge in [0.15, 0.2) is 0 Å². The summed E-state index contributed by atoms with van der Waals surface area (Å²) in [4.78, 5) is 27.8. The Bertz CT molecular complexity index is 794. The molecule has 0 spiro atoms. The van der Waals surface area contributed by atoms with E-state index in [1.807, 2.05) is 36.4 Å². The van der Waals surface area contributed by atoms with Crippen LogP contribution in [0.3, 0.4) is 0 Å². The van der Waals surface area contributed by atoms with Gasteiger partial charge >= 0.3 is 0 Å². The SMILES string of the molecule is O=C1NC(=O)C([C@@H]2CCc3cc(OCc4ccccc4)cnc32)S1. The van der Waals surface area contributed by atoms with Crippen LogP contribution in [0.2, 0.25) is 0 Å². The Hall–Kier alpha value is -2.34. The lowest BCUT2D eigenvalue weighted by Gasteiger charge is -2.15. The molecule has 1 aliphatic carbocycles. The van der Waals surface area contributed by atoms with Gasteiger partial charge in [0.2, 0.25) is 5.91 Å². The van der Waals surface area contributed by atoms with Crippen molar-refractivity contribution in [3.8, 4) is 5.75 Å². The number of nitrogens with one attached hydrogen (secondary N) is 1. The fourth-order valence-corrected chi connectivity index (χ4v) is 4.22. The van der Waals surface area contributed by atoms with E-state index in [0.29, 0.717) is 6.61 Å². The normalized spacial score (nSPS) is 22.3. The number of hydrogen-bond donors (Lipinski definition) is 1. The third kappa shape index (κ3) is 2.89. The minimum absolute atomic E-state index is 0.000349. The minimum atomic E-state index is -0.359. The standard InChI is InChI=1S/C18H16N2O3S/c21-17-16(24-18(22)20-17)14-7-6-12-8-13(9-19-15(12)14)23-10-11-4-2-1-3-5-11/h1-5,8-9,14,16H,6-7,10H2,(H,20,21,22)/t14-,16?/m1/s1. The van der Waals surface area contributed by atoms with E-state index in [2.05, 4.69) is 10.3 Å². The lowest BCUT2D eigenvalue weighted by atomic mass is 10.0. The molecule has 1 fully saturated rings. The molecule has 1 unspecified atom stereocenters. The summed E-state index contributed by atoms with van der Waals surface area (Å²) in [6.07, 6.45) is 3.40. The van der Waals surface area contributed by atoms with E-state index in [1.165, 1.54) is 0 Å². The fourth-order valence-electron chi connectivity index (χ4n) is 3.23. The molecule has 1 aromatic heterocycles. The minimum Gasteiger partial charge on any atom is -0.487 e. The van der Waals surface area contributed by atoms with Gasteiger partial charge in [-0.2, -0.15) is 0 Å². The second kappa shape index (κ2) is 6.28. The zero-order valence-corrected chi connectivity index (χ0v) is 13.7. The number of amides is 2. The monoisotopic (exact) mass is 340 g/mol. The van der Waals surface area contributed by atoms with Crippen molar-refractivity contribution >= 4 is 22.9 Å². The predicted molar refractivity (Wildman–Crippen MR) is 91.0 cm³/mol. The number of carbonyl (C=O) groups is 2. The number of nitrogens with zero attached hydrogens (tertiary/aromatic N) is 1. The number of thioether (sulfide) groups is 1. The largest absolute Gasteiger partial charge is 0.487 e. The maximum Gasteiger partial charge on any atom is 0.286 e. The zero-order chi connectivity index (χ0) is 16.5. The first-order chi connectivity index (χ1) is 11.7. The van der Waals surface area contributed by atoms with Gasteiger partial charge in [0.1, 0.15) is 17.6 Å². The highest BCUT2D eigenvalue weighted by molar-refractivity contribution is 8.15. The maximum absolute atomic E-state index is 11.9. The predicted octanol–water partition coefficient (Wildman–Crippen LogP) is 3.04. The number of ether oxygens (including phenoxy) is 1. The molecule has 1 N–H and O–H groups in total. The Kier molecular flexibility index (Phi) is 3.98. The van der Waals surface area contributed by atoms with Crippen LogP contribution >= 0.6 is 11.8 Å². The van der Waals surface area contributed by atoms with Crippen LogP contribution in [0, 0.1) is 0 Å². The molecule has 2 amide bonds. The topological polar surface area (TPSA) is 68.3 Å². The molecule has 122 valence electrons. The Morgan fingerprint density at radius 1 is 1.25 bits per heavy atom. The van der Waals surface area contributed by atoms with Crippen LogP contribution in [0.4, 0.5) is 4.79 Å². The van der Waals surface area contributed by atoms with Crippen LogP contribution in [0.1, 0.15) is 29.2 Å². The molecular formula is C18H16N2O3S. The molecule has 2 aromatic rings. The molecule has 0 saturated carbocycles. The Morgan fingerprint density at radius 2 is 2.08 bits per heavy atom. The summed E-state index contributed by atoms with van der Waals surface area (Å²) in [6, 6.07) is 12.0. The van der Waals surface area contributed by atoms with E-state index in [1.54, 1.807) is 6.20 Å². The van der Waals surface area contributed by atoms with Crippen molar-refractivity contribution in [2.75, 3.05) is 0 Å². The average Bonchev–Trinajstić information content (AvgIpc) is 3.15. The van der Waals surface area contributed by atoms with Crippen molar-refractivity contribution in [3.05, 3.63) is 59.4 Å². The number of hydrogen-bond acceptors (Lipinski definition) is 5. The van der Waals surface area contributed by atoms with E-state index in [4.69, 9.17) is 4.74 Å². The quantitative estimate of drug-likeness (QED) is 0.926. The molecule has 2 aliphatic rings. The van der Waals surface area contributed by atoms with Gasteiger partial charge in [-0.05, 0) is 30.0 Å². The van der Waals surface area contributed by atoms with Crippen molar-refractivity contribution < 1.29 is 14.3 Å². The van der Waals surface area contributed by atoms with Gasteiger partial charge in [0, 0.05) is 11.6 Å². The number of aryl methyl sites for hydroxylation is 1. The number of rotatable bonds is 4. The lowest BCUT2D eigenvalue weighted by molar-refractivity contribution is -0.119. The summed E-state index contributed by atoms with van der Waals surface area (Å²) < 4.78 is 5.82. The third-order valence-corrected chi connectivity index (χ3v) is 5.50.